The minimum absolute atomic E-state index is 0.0478. The predicted octanol–water partition coefficient (Wildman–Crippen LogP) is 0.748. The summed E-state index contributed by atoms with van der Waals surface area (Å²) < 4.78 is 24.8. The lowest BCUT2D eigenvalue weighted by Gasteiger charge is -2.25. The van der Waals surface area contributed by atoms with Crippen molar-refractivity contribution in [3.8, 4) is 0 Å². The number of imidazole rings is 1. The minimum atomic E-state index is -3.02. The lowest BCUT2D eigenvalue weighted by molar-refractivity contribution is 0.0703. The normalized spacial score (nSPS) is 21.0. The van der Waals surface area contributed by atoms with Gasteiger partial charge in [-0.25, -0.2) is 17.9 Å². The second-order valence-corrected chi connectivity index (χ2v) is 8.51. The van der Waals surface area contributed by atoms with Crippen LogP contribution in [-0.2, 0) is 9.84 Å². The molecule has 1 aliphatic rings. The molecule has 0 bridgehead atoms. The fourth-order valence-corrected chi connectivity index (χ4v) is 5.09. The van der Waals surface area contributed by atoms with Gasteiger partial charge in [-0.3, -0.25) is 4.79 Å². The van der Waals surface area contributed by atoms with Crippen molar-refractivity contribution in [1.82, 2.24) is 19.5 Å². The van der Waals surface area contributed by atoms with E-state index in [4.69, 9.17) is 0 Å². The molecule has 2 aromatic rings. The summed E-state index contributed by atoms with van der Waals surface area (Å²) in [5, 5.41) is 5.11. The summed E-state index contributed by atoms with van der Waals surface area (Å²) in [7, 11) is -3.02. The Labute approximate surface area is 126 Å². The lowest BCUT2D eigenvalue weighted by Crippen LogP contribution is -2.41. The molecule has 2 aromatic heterocycles. The molecule has 0 N–H and O–H groups in total. The first-order chi connectivity index (χ1) is 9.89. The molecular weight excluding hydrogens is 312 g/mol. The fourth-order valence-electron chi connectivity index (χ4n) is 2.64. The Morgan fingerprint density at radius 1 is 1.57 bits per heavy atom. The third kappa shape index (κ3) is 2.67. The van der Waals surface area contributed by atoms with Gasteiger partial charge in [-0.15, -0.1) is 0 Å². The molecule has 1 fully saturated rings. The molecule has 1 aliphatic heterocycles. The molecule has 114 valence electrons. The zero-order valence-electron chi connectivity index (χ0n) is 11.8. The van der Waals surface area contributed by atoms with Crippen LogP contribution in [0, 0.1) is 6.92 Å². The number of carbonyl (C=O) groups is 1. The van der Waals surface area contributed by atoms with Gasteiger partial charge in [-0.2, -0.15) is 5.10 Å². The maximum absolute atomic E-state index is 12.6. The molecule has 0 radical (unpaired) electrons. The average Bonchev–Trinajstić information content (AvgIpc) is 3.02. The first-order valence-corrected chi connectivity index (χ1v) is 9.37. The van der Waals surface area contributed by atoms with Gasteiger partial charge in [0, 0.05) is 12.6 Å². The third-order valence-corrected chi connectivity index (χ3v) is 6.20. The highest BCUT2D eigenvalue weighted by atomic mass is 32.2. The van der Waals surface area contributed by atoms with Gasteiger partial charge >= 0.3 is 0 Å². The summed E-state index contributed by atoms with van der Waals surface area (Å²) in [5.41, 5.74) is 0.319. The van der Waals surface area contributed by atoms with Gasteiger partial charge in [0.25, 0.3) is 5.91 Å². The maximum Gasteiger partial charge on any atom is 0.274 e. The van der Waals surface area contributed by atoms with Crippen molar-refractivity contribution >= 4 is 32.0 Å². The second kappa shape index (κ2) is 5.06. The smallest absolute Gasteiger partial charge is 0.274 e. The van der Waals surface area contributed by atoms with Gasteiger partial charge in [0.15, 0.2) is 9.84 Å². The summed E-state index contributed by atoms with van der Waals surface area (Å²) in [6.45, 7) is 4.20. The summed E-state index contributed by atoms with van der Waals surface area (Å²) in [4.78, 5) is 19.1. The van der Waals surface area contributed by atoms with Gasteiger partial charge in [0.1, 0.15) is 10.7 Å². The summed E-state index contributed by atoms with van der Waals surface area (Å²) in [6.07, 6.45) is 2.11. The van der Waals surface area contributed by atoms with Crippen LogP contribution in [0.1, 0.15) is 28.8 Å². The Kier molecular flexibility index (Phi) is 3.48. The molecule has 3 heterocycles. The largest absolute Gasteiger partial charge is 0.334 e. The number of amides is 1. The molecule has 0 saturated carbocycles. The highest BCUT2D eigenvalue weighted by molar-refractivity contribution is 7.91. The van der Waals surface area contributed by atoms with Crippen molar-refractivity contribution in [2.75, 3.05) is 18.1 Å². The van der Waals surface area contributed by atoms with Crippen molar-refractivity contribution in [1.29, 1.82) is 0 Å². The van der Waals surface area contributed by atoms with Crippen molar-refractivity contribution in [2.45, 2.75) is 26.3 Å². The number of carbonyl (C=O) groups excluding carboxylic acids is 1. The summed E-state index contributed by atoms with van der Waals surface area (Å²) in [5.74, 6) is -0.0259. The molecule has 1 amide bonds. The van der Waals surface area contributed by atoms with Crippen molar-refractivity contribution in [2.24, 2.45) is 0 Å². The molecule has 7 nitrogen and oxygen atoms in total. The highest BCUT2D eigenvalue weighted by Crippen LogP contribution is 2.21. The molecule has 1 atom stereocenters. The van der Waals surface area contributed by atoms with Crippen LogP contribution in [0.15, 0.2) is 6.20 Å². The molecule has 0 aromatic carbocycles. The summed E-state index contributed by atoms with van der Waals surface area (Å²) in [6, 6.07) is -0.248. The zero-order chi connectivity index (χ0) is 15.2. The molecule has 1 unspecified atom stereocenters. The Morgan fingerprint density at radius 3 is 2.90 bits per heavy atom. The number of hydrogen-bond donors (Lipinski definition) is 0. The number of aryl methyl sites for hydroxylation is 1. The quantitative estimate of drug-likeness (QED) is 0.830. The number of sulfone groups is 1. The Morgan fingerprint density at radius 2 is 2.33 bits per heavy atom. The van der Waals surface area contributed by atoms with Crippen LogP contribution in [-0.4, -0.2) is 57.9 Å². The fraction of sp³-hybridized carbons (Fsp3) is 0.583. The van der Waals surface area contributed by atoms with Crippen LogP contribution in [0.5, 0.6) is 0 Å². The SMILES string of the molecule is CCN(C(=O)c1cn2nc(C)sc2n1)C1CCS(=O)(=O)C1. The molecule has 1 saturated heterocycles. The van der Waals surface area contributed by atoms with Crippen LogP contribution in [0.4, 0.5) is 0 Å². The van der Waals surface area contributed by atoms with Gasteiger partial charge in [-0.05, 0) is 20.3 Å². The van der Waals surface area contributed by atoms with E-state index in [-0.39, 0.29) is 23.5 Å². The minimum Gasteiger partial charge on any atom is -0.334 e. The van der Waals surface area contributed by atoms with Gasteiger partial charge in [-0.1, -0.05) is 11.3 Å². The molecule has 0 aliphatic carbocycles. The number of aromatic nitrogens is 3. The molecule has 21 heavy (non-hydrogen) atoms. The van der Waals surface area contributed by atoms with Crippen LogP contribution >= 0.6 is 11.3 Å². The van der Waals surface area contributed by atoms with Crippen LogP contribution in [0.25, 0.3) is 4.96 Å². The molecular formula is C12H16N4O3S2. The van der Waals surface area contributed by atoms with E-state index in [1.165, 1.54) is 11.3 Å². The average molecular weight is 328 g/mol. The van der Waals surface area contributed by atoms with Gasteiger partial charge in [0.05, 0.1) is 17.7 Å². The number of nitrogens with zero attached hydrogens (tertiary/aromatic N) is 4. The molecule has 9 heteroatoms. The van der Waals surface area contributed by atoms with Crippen molar-refractivity contribution < 1.29 is 13.2 Å². The Balaban J connectivity index is 1.86. The number of fused-ring (bicyclic) bond motifs is 1. The summed E-state index contributed by atoms with van der Waals surface area (Å²) >= 11 is 1.42. The van der Waals surface area contributed by atoms with Crippen LogP contribution in [0.3, 0.4) is 0 Å². The topological polar surface area (TPSA) is 84.6 Å². The van der Waals surface area contributed by atoms with E-state index in [0.29, 0.717) is 23.6 Å². The standard InChI is InChI=1S/C12H16N4O3S2/c1-3-15(9-4-5-21(18,19)7-9)11(17)10-6-16-12(13-10)20-8(2)14-16/h6,9H,3-5,7H2,1-2H3. The monoisotopic (exact) mass is 328 g/mol. The van der Waals surface area contributed by atoms with Gasteiger partial charge < -0.3 is 4.90 Å². The van der Waals surface area contributed by atoms with E-state index in [0.717, 1.165) is 5.01 Å². The van der Waals surface area contributed by atoms with Crippen LogP contribution < -0.4 is 0 Å². The Hall–Kier alpha value is -1.48. The highest BCUT2D eigenvalue weighted by Gasteiger charge is 2.35. The zero-order valence-corrected chi connectivity index (χ0v) is 13.4. The molecule has 3 rings (SSSR count). The first-order valence-electron chi connectivity index (χ1n) is 6.74. The lowest BCUT2D eigenvalue weighted by atomic mass is 10.2. The Bertz CT molecular complexity index is 761. The van der Waals surface area contributed by atoms with E-state index in [9.17, 15) is 13.2 Å². The predicted molar refractivity (Wildman–Crippen MR) is 79.4 cm³/mol. The number of rotatable bonds is 3. The van der Waals surface area contributed by atoms with Crippen LogP contribution in [0.2, 0.25) is 0 Å². The van der Waals surface area contributed by atoms with E-state index >= 15 is 0 Å². The number of hydrogen-bond acceptors (Lipinski definition) is 6. The van der Waals surface area contributed by atoms with E-state index in [1.807, 2.05) is 13.8 Å². The van der Waals surface area contributed by atoms with E-state index in [1.54, 1.807) is 15.6 Å². The second-order valence-electron chi connectivity index (χ2n) is 5.12. The van der Waals surface area contributed by atoms with E-state index < -0.39 is 9.84 Å². The third-order valence-electron chi connectivity index (χ3n) is 3.61. The maximum atomic E-state index is 12.6. The molecule has 0 spiro atoms. The van der Waals surface area contributed by atoms with Crippen molar-refractivity contribution in [3.05, 3.63) is 16.9 Å². The first kappa shape index (κ1) is 14.5. The van der Waals surface area contributed by atoms with Crippen molar-refractivity contribution in [3.63, 3.8) is 0 Å². The van der Waals surface area contributed by atoms with E-state index in [2.05, 4.69) is 10.1 Å². The van der Waals surface area contributed by atoms with Gasteiger partial charge in [0.2, 0.25) is 4.96 Å².